The van der Waals surface area contributed by atoms with Crippen molar-refractivity contribution in [1.29, 1.82) is 0 Å². The van der Waals surface area contributed by atoms with Gasteiger partial charge in [0.05, 0.1) is 0 Å². The molecule has 1 aromatic carbocycles. The lowest BCUT2D eigenvalue weighted by atomic mass is 9.96. The Labute approximate surface area is 144 Å². The number of ether oxygens (including phenoxy) is 1. The second kappa shape index (κ2) is 8.82. The van der Waals surface area contributed by atoms with Gasteiger partial charge in [0.2, 0.25) is 5.88 Å². The molecule has 0 amide bonds. The minimum absolute atomic E-state index is 0.352. The molecule has 124 valence electrons. The van der Waals surface area contributed by atoms with Crippen molar-refractivity contribution in [2.45, 2.75) is 57.6 Å². The first-order valence-corrected chi connectivity index (χ1v) is 8.81. The Hall–Kier alpha value is -1.68. The van der Waals surface area contributed by atoms with E-state index in [1.165, 1.54) is 6.42 Å². The van der Waals surface area contributed by atoms with Gasteiger partial charge >= 0.3 is 0 Å². The fourth-order valence-corrected chi connectivity index (χ4v) is 2.53. The first-order valence-electron chi connectivity index (χ1n) is 8.37. The van der Waals surface area contributed by atoms with E-state index in [0.29, 0.717) is 12.6 Å². The lowest BCUT2D eigenvalue weighted by Gasteiger charge is -2.26. The number of nitrogens with one attached hydrogen (secondary N) is 1. The highest BCUT2D eigenvalue weighted by atomic mass is 32.1. The van der Waals surface area contributed by atoms with Gasteiger partial charge in [0, 0.05) is 17.5 Å². The number of pyridine rings is 1. The predicted octanol–water partition coefficient (Wildman–Crippen LogP) is 5.25. The summed E-state index contributed by atoms with van der Waals surface area (Å²) in [5.41, 5.74) is 2.31. The van der Waals surface area contributed by atoms with Gasteiger partial charge in [-0.25, -0.2) is 0 Å². The first-order chi connectivity index (χ1) is 11.2. The lowest BCUT2D eigenvalue weighted by molar-refractivity contribution is 0.115. The van der Waals surface area contributed by atoms with E-state index in [0.717, 1.165) is 40.6 Å². The van der Waals surface area contributed by atoms with E-state index in [4.69, 9.17) is 4.74 Å². The zero-order chi connectivity index (χ0) is 16.7. The van der Waals surface area contributed by atoms with Crippen LogP contribution in [0.2, 0.25) is 0 Å². The quantitative estimate of drug-likeness (QED) is 0.735. The maximum Gasteiger partial charge on any atom is 0.215 e. The van der Waals surface area contributed by atoms with Crippen molar-refractivity contribution in [2.24, 2.45) is 0 Å². The van der Waals surface area contributed by atoms with Crippen molar-refractivity contribution in [2.75, 3.05) is 5.32 Å². The Morgan fingerprint density at radius 2 is 1.96 bits per heavy atom. The van der Waals surface area contributed by atoms with E-state index in [1.54, 1.807) is 0 Å². The molecule has 0 bridgehead atoms. The average molecular weight is 330 g/mol. The number of aryl methyl sites for hydroxylation is 1. The maximum absolute atomic E-state index is 5.88. The van der Waals surface area contributed by atoms with Crippen LogP contribution in [0.4, 0.5) is 5.82 Å². The maximum atomic E-state index is 5.88. The molecule has 4 heteroatoms. The van der Waals surface area contributed by atoms with Crippen LogP contribution in [0.3, 0.4) is 0 Å². The molecule has 3 rings (SSSR count). The van der Waals surface area contributed by atoms with Crippen LogP contribution in [0, 0.1) is 6.92 Å². The molecule has 1 fully saturated rings. The van der Waals surface area contributed by atoms with Crippen molar-refractivity contribution in [3.8, 4) is 5.88 Å². The van der Waals surface area contributed by atoms with Crippen LogP contribution in [0.1, 0.15) is 44.2 Å². The smallest absolute Gasteiger partial charge is 0.215 e. The van der Waals surface area contributed by atoms with Crippen LogP contribution in [0.5, 0.6) is 5.88 Å². The summed E-state index contributed by atoms with van der Waals surface area (Å²) in [5, 5.41) is 3.35. The molecule has 0 radical (unpaired) electrons. The fraction of sp³-hybridized carbons (Fsp3) is 0.421. The largest absolute Gasteiger partial charge is 0.474 e. The summed E-state index contributed by atoms with van der Waals surface area (Å²) in [4.78, 5) is 5.53. The van der Waals surface area contributed by atoms with Gasteiger partial charge in [0.1, 0.15) is 11.9 Å². The van der Waals surface area contributed by atoms with Gasteiger partial charge in [-0.3, -0.25) is 0 Å². The van der Waals surface area contributed by atoms with Crippen LogP contribution in [-0.2, 0) is 6.54 Å². The Morgan fingerprint density at radius 3 is 2.61 bits per heavy atom. The highest BCUT2D eigenvalue weighted by Crippen LogP contribution is 2.25. The zero-order valence-corrected chi connectivity index (χ0v) is 15.1. The van der Waals surface area contributed by atoms with Gasteiger partial charge in [-0.2, -0.15) is 4.98 Å². The van der Waals surface area contributed by atoms with E-state index in [2.05, 4.69) is 35.9 Å². The molecule has 23 heavy (non-hydrogen) atoms. The minimum Gasteiger partial charge on any atom is -0.474 e. The Kier molecular flexibility index (Phi) is 6.78. The number of hydrogen-bond donors (Lipinski definition) is 2. The second-order valence-electron chi connectivity index (χ2n) is 5.52. The molecule has 0 atom stereocenters. The van der Waals surface area contributed by atoms with Crippen molar-refractivity contribution in [3.63, 3.8) is 0 Å². The lowest BCUT2D eigenvalue weighted by Crippen LogP contribution is -2.25. The number of hydrogen-bond acceptors (Lipinski definition) is 4. The molecule has 1 aliphatic rings. The molecule has 1 aliphatic carbocycles. The number of rotatable bonds is 5. The van der Waals surface area contributed by atoms with Gasteiger partial charge in [-0.05, 0) is 49.4 Å². The summed E-state index contributed by atoms with van der Waals surface area (Å²) in [6, 6.07) is 12.1. The highest BCUT2D eigenvalue weighted by Gasteiger charge is 2.19. The van der Waals surface area contributed by atoms with Gasteiger partial charge in [0.25, 0.3) is 0 Å². The second-order valence-corrected chi connectivity index (χ2v) is 6.00. The Morgan fingerprint density at radius 1 is 1.22 bits per heavy atom. The molecule has 1 aromatic heterocycles. The third-order valence-corrected chi connectivity index (χ3v) is 4.17. The SMILES string of the molecule is CC.Cc1cc(NCc2ccccc2S)nc(OC2CCC2)c1. The van der Waals surface area contributed by atoms with E-state index >= 15 is 0 Å². The number of anilines is 1. The summed E-state index contributed by atoms with van der Waals surface area (Å²) in [7, 11) is 0. The first kappa shape index (κ1) is 17.7. The van der Waals surface area contributed by atoms with Crippen LogP contribution < -0.4 is 10.1 Å². The van der Waals surface area contributed by atoms with Gasteiger partial charge in [0.15, 0.2) is 0 Å². The molecule has 3 nitrogen and oxygen atoms in total. The predicted molar refractivity (Wildman–Crippen MR) is 99.6 cm³/mol. The molecule has 0 aliphatic heterocycles. The van der Waals surface area contributed by atoms with Crippen LogP contribution in [-0.4, -0.2) is 11.1 Å². The fourth-order valence-electron chi connectivity index (χ4n) is 2.29. The third-order valence-electron chi connectivity index (χ3n) is 3.74. The van der Waals surface area contributed by atoms with Crippen molar-refractivity contribution in [1.82, 2.24) is 4.98 Å². The Balaban J connectivity index is 0.000000924. The molecule has 1 N–H and O–H groups in total. The molecular formula is C19H26N2OS. The monoisotopic (exact) mass is 330 g/mol. The van der Waals surface area contributed by atoms with Crippen LogP contribution in [0.25, 0.3) is 0 Å². The van der Waals surface area contributed by atoms with Crippen molar-refractivity contribution >= 4 is 18.4 Å². The molecule has 0 unspecified atom stereocenters. The molecule has 0 saturated heterocycles. The number of benzene rings is 1. The third kappa shape index (κ3) is 5.17. The summed E-state index contributed by atoms with van der Waals surface area (Å²) in [6.45, 7) is 6.77. The molecule has 1 saturated carbocycles. The number of nitrogens with zero attached hydrogens (tertiary/aromatic N) is 1. The van der Waals surface area contributed by atoms with E-state index in [9.17, 15) is 0 Å². The number of thiol groups is 1. The topological polar surface area (TPSA) is 34.2 Å². The van der Waals surface area contributed by atoms with Crippen molar-refractivity contribution in [3.05, 3.63) is 47.5 Å². The van der Waals surface area contributed by atoms with Crippen molar-refractivity contribution < 1.29 is 4.74 Å². The van der Waals surface area contributed by atoms with Gasteiger partial charge in [-0.1, -0.05) is 32.0 Å². The Bertz CT molecular complexity index is 627. The van der Waals surface area contributed by atoms with E-state index in [1.807, 2.05) is 44.2 Å². The van der Waals surface area contributed by atoms with Crippen LogP contribution in [0.15, 0.2) is 41.3 Å². The molecule has 0 spiro atoms. The zero-order valence-electron chi connectivity index (χ0n) is 14.2. The normalized spacial score (nSPS) is 13.6. The molecule has 2 aromatic rings. The minimum atomic E-state index is 0.352. The van der Waals surface area contributed by atoms with E-state index < -0.39 is 0 Å². The van der Waals surface area contributed by atoms with Gasteiger partial charge < -0.3 is 10.1 Å². The van der Waals surface area contributed by atoms with Crippen LogP contribution >= 0.6 is 12.6 Å². The highest BCUT2D eigenvalue weighted by molar-refractivity contribution is 7.80. The molecular weight excluding hydrogens is 304 g/mol. The summed E-state index contributed by atoms with van der Waals surface area (Å²) in [5.74, 6) is 1.57. The van der Waals surface area contributed by atoms with E-state index in [-0.39, 0.29) is 0 Å². The van der Waals surface area contributed by atoms with Gasteiger partial charge in [-0.15, -0.1) is 12.6 Å². The summed E-state index contributed by atoms with van der Waals surface area (Å²) >= 11 is 4.47. The standard InChI is InChI=1S/C17H20N2OS.C2H6/c1-12-9-16(18-11-13-5-2-3-8-15(13)21)19-17(10-12)20-14-6-4-7-14;1-2/h2-3,5,8-10,14,21H,4,6-7,11H2,1H3,(H,18,19);1-2H3. The molecule has 1 heterocycles. The summed E-state index contributed by atoms with van der Waals surface area (Å²) < 4.78 is 5.88. The summed E-state index contributed by atoms with van der Waals surface area (Å²) in [6.07, 6.45) is 3.90. The average Bonchev–Trinajstić information content (AvgIpc) is 2.52. The number of aromatic nitrogens is 1.